The van der Waals surface area contributed by atoms with Crippen LogP contribution in [0, 0.1) is 28.1 Å². The Hall–Kier alpha value is -1.02. The first-order chi connectivity index (χ1) is 14.8. The van der Waals surface area contributed by atoms with Gasteiger partial charge in [0, 0.05) is 0 Å². The van der Waals surface area contributed by atoms with Crippen molar-refractivity contribution in [2.24, 2.45) is 5.41 Å². The normalized spacial score (nSPS) is 23.5. The molecule has 1 rings (SSSR count). The van der Waals surface area contributed by atoms with Gasteiger partial charge >= 0.3 is 0 Å². The Morgan fingerprint density at radius 1 is 0.300 bits per heavy atom. The predicted molar refractivity (Wildman–Crippen MR) is 129 cm³/mol. The highest BCUT2D eigenvalue weighted by molar-refractivity contribution is 5.13. The molecule has 0 atom stereocenters. The lowest BCUT2D eigenvalue weighted by Gasteiger charge is -2.18. The van der Waals surface area contributed by atoms with Crippen molar-refractivity contribution in [3.05, 3.63) is 0 Å². The third-order valence-electron chi connectivity index (χ3n) is 7.14. The van der Waals surface area contributed by atoms with Crippen molar-refractivity contribution in [2.45, 2.75) is 161 Å². The van der Waals surface area contributed by atoms with Crippen LogP contribution in [-0.4, -0.2) is 0 Å². The third kappa shape index (κ3) is 14.9. The summed E-state index contributed by atoms with van der Waals surface area (Å²) < 4.78 is 0. The van der Waals surface area contributed by atoms with E-state index in [1.165, 1.54) is 135 Å². The lowest BCUT2D eigenvalue weighted by Crippen LogP contribution is -2.16. The van der Waals surface area contributed by atoms with Crippen LogP contribution in [0.5, 0.6) is 0 Å². The number of nitriles is 2. The Kier molecular flexibility index (Phi) is 17.9. The van der Waals surface area contributed by atoms with E-state index in [1.54, 1.807) is 0 Å². The molecule has 1 aliphatic rings. The summed E-state index contributed by atoms with van der Waals surface area (Å²) >= 11 is 0. The molecule has 2 nitrogen and oxygen atoms in total. The van der Waals surface area contributed by atoms with Crippen LogP contribution in [-0.2, 0) is 0 Å². The van der Waals surface area contributed by atoms with E-state index in [2.05, 4.69) is 12.1 Å². The topological polar surface area (TPSA) is 47.6 Å². The van der Waals surface area contributed by atoms with Crippen molar-refractivity contribution < 1.29 is 0 Å². The Morgan fingerprint density at radius 3 is 0.633 bits per heavy atom. The van der Waals surface area contributed by atoms with Crippen molar-refractivity contribution in [3.8, 4) is 12.1 Å². The van der Waals surface area contributed by atoms with Crippen LogP contribution in [0.25, 0.3) is 0 Å². The fraction of sp³-hybridized carbons (Fsp3) is 0.929. The van der Waals surface area contributed by atoms with E-state index in [0.717, 1.165) is 25.7 Å². The standard InChI is InChI=1S/C28H50N2/c29-26-28(27-30)24-22-20-18-16-14-12-10-8-6-4-2-1-3-5-7-9-11-13-15-17-19-21-23-25-28/h1-25H2. The van der Waals surface area contributed by atoms with Gasteiger partial charge in [-0.2, -0.15) is 10.5 Å². The lowest BCUT2D eigenvalue weighted by atomic mass is 9.80. The smallest absolute Gasteiger partial charge is 0.143 e. The Labute approximate surface area is 188 Å². The van der Waals surface area contributed by atoms with E-state index in [0.29, 0.717) is 0 Å². The number of hydrogen-bond donors (Lipinski definition) is 0. The molecular formula is C28H50N2. The highest BCUT2D eigenvalue weighted by Crippen LogP contribution is 2.30. The van der Waals surface area contributed by atoms with Gasteiger partial charge in [0.2, 0.25) is 0 Å². The van der Waals surface area contributed by atoms with Crippen molar-refractivity contribution in [1.29, 1.82) is 10.5 Å². The Bertz CT molecular complexity index is 414. The molecule has 0 aromatic rings. The molecule has 0 saturated heterocycles. The minimum absolute atomic E-state index is 0.717. The first kappa shape index (κ1) is 27.0. The fourth-order valence-electron chi connectivity index (χ4n) is 4.94. The molecule has 0 radical (unpaired) electrons. The summed E-state index contributed by atoms with van der Waals surface area (Å²) in [6, 6.07) is 4.75. The van der Waals surface area contributed by atoms with Gasteiger partial charge < -0.3 is 0 Å². The van der Waals surface area contributed by atoms with Crippen LogP contribution < -0.4 is 0 Å². The van der Waals surface area contributed by atoms with Gasteiger partial charge in [-0.3, -0.25) is 0 Å². The zero-order valence-corrected chi connectivity index (χ0v) is 20.1. The molecule has 0 N–H and O–H groups in total. The summed E-state index contributed by atoms with van der Waals surface area (Å²) in [6.45, 7) is 0. The first-order valence-corrected chi connectivity index (χ1v) is 13.7. The molecule has 0 heterocycles. The van der Waals surface area contributed by atoms with Gasteiger partial charge in [0.1, 0.15) is 5.41 Å². The largest absolute Gasteiger partial charge is 0.197 e. The van der Waals surface area contributed by atoms with Gasteiger partial charge in [-0.15, -0.1) is 0 Å². The predicted octanol–water partition coefficient (Wildman–Crippen LogP) is 9.79. The van der Waals surface area contributed by atoms with Crippen LogP contribution in [0.3, 0.4) is 0 Å². The van der Waals surface area contributed by atoms with E-state index in [9.17, 15) is 10.5 Å². The number of nitrogens with zero attached hydrogens (tertiary/aromatic N) is 2. The Morgan fingerprint density at radius 2 is 0.467 bits per heavy atom. The molecule has 0 aliphatic heterocycles. The fourth-order valence-corrected chi connectivity index (χ4v) is 4.94. The molecule has 0 unspecified atom stereocenters. The molecule has 1 saturated carbocycles. The number of hydrogen-bond acceptors (Lipinski definition) is 2. The molecule has 1 fully saturated rings. The molecule has 0 amide bonds. The van der Waals surface area contributed by atoms with Crippen molar-refractivity contribution in [1.82, 2.24) is 0 Å². The third-order valence-corrected chi connectivity index (χ3v) is 7.14. The highest BCUT2D eigenvalue weighted by Gasteiger charge is 2.28. The van der Waals surface area contributed by atoms with Gasteiger partial charge in [0.25, 0.3) is 0 Å². The van der Waals surface area contributed by atoms with Crippen LogP contribution in [0.2, 0.25) is 0 Å². The second-order valence-corrected chi connectivity index (χ2v) is 9.94. The zero-order chi connectivity index (χ0) is 21.6. The minimum atomic E-state index is -0.717. The van der Waals surface area contributed by atoms with Crippen LogP contribution >= 0.6 is 0 Å². The van der Waals surface area contributed by atoms with Crippen LogP contribution in [0.15, 0.2) is 0 Å². The van der Waals surface area contributed by atoms with E-state index in [4.69, 9.17) is 0 Å². The van der Waals surface area contributed by atoms with Crippen LogP contribution in [0.4, 0.5) is 0 Å². The van der Waals surface area contributed by atoms with Gasteiger partial charge in [0.05, 0.1) is 12.1 Å². The van der Waals surface area contributed by atoms with E-state index in [-0.39, 0.29) is 0 Å². The zero-order valence-electron chi connectivity index (χ0n) is 20.1. The summed E-state index contributed by atoms with van der Waals surface area (Å²) in [4.78, 5) is 0. The molecule has 1 aliphatic carbocycles. The van der Waals surface area contributed by atoms with Crippen molar-refractivity contribution >= 4 is 0 Å². The van der Waals surface area contributed by atoms with Crippen molar-refractivity contribution in [3.63, 3.8) is 0 Å². The lowest BCUT2D eigenvalue weighted by molar-refractivity contribution is 0.390. The molecular weight excluding hydrogens is 364 g/mol. The summed E-state index contributed by atoms with van der Waals surface area (Å²) in [5.41, 5.74) is -0.717. The maximum atomic E-state index is 9.61. The molecule has 0 bridgehead atoms. The summed E-state index contributed by atoms with van der Waals surface area (Å²) in [5, 5.41) is 19.2. The second-order valence-electron chi connectivity index (χ2n) is 9.94. The van der Waals surface area contributed by atoms with Gasteiger partial charge in [0.15, 0.2) is 0 Å². The van der Waals surface area contributed by atoms with Crippen molar-refractivity contribution in [2.75, 3.05) is 0 Å². The molecule has 0 spiro atoms. The average molecular weight is 415 g/mol. The number of rotatable bonds is 0. The summed E-state index contributed by atoms with van der Waals surface area (Å²) in [6.07, 6.45) is 32.5. The summed E-state index contributed by atoms with van der Waals surface area (Å²) in [7, 11) is 0. The molecule has 2 heteroatoms. The highest BCUT2D eigenvalue weighted by atomic mass is 14.4. The van der Waals surface area contributed by atoms with Crippen LogP contribution in [0.1, 0.15) is 161 Å². The first-order valence-electron chi connectivity index (χ1n) is 13.7. The van der Waals surface area contributed by atoms with E-state index < -0.39 is 5.41 Å². The van der Waals surface area contributed by atoms with Gasteiger partial charge in [-0.1, -0.05) is 148 Å². The summed E-state index contributed by atoms with van der Waals surface area (Å²) in [5.74, 6) is 0. The SMILES string of the molecule is N#CC1(C#N)CCCCCCCCCCCCCCCCCCCCCCCCC1. The quantitative estimate of drug-likeness (QED) is 0.396. The maximum Gasteiger partial charge on any atom is 0.143 e. The van der Waals surface area contributed by atoms with E-state index in [1.807, 2.05) is 0 Å². The molecule has 172 valence electrons. The average Bonchev–Trinajstić information content (AvgIpc) is 2.77. The Balaban J connectivity index is 2.27. The molecule has 0 aromatic carbocycles. The maximum absolute atomic E-state index is 9.61. The molecule has 0 aromatic heterocycles. The monoisotopic (exact) mass is 414 g/mol. The minimum Gasteiger partial charge on any atom is -0.197 e. The van der Waals surface area contributed by atoms with Gasteiger partial charge in [-0.05, 0) is 12.8 Å². The van der Waals surface area contributed by atoms with E-state index >= 15 is 0 Å². The van der Waals surface area contributed by atoms with Gasteiger partial charge in [-0.25, -0.2) is 0 Å². The molecule has 30 heavy (non-hydrogen) atoms. The second kappa shape index (κ2) is 19.9.